The maximum atomic E-state index is 13.2. The van der Waals surface area contributed by atoms with E-state index in [1.165, 1.54) is 16.9 Å². The molecule has 0 saturated carbocycles. The second kappa shape index (κ2) is 8.96. The molecule has 1 aliphatic rings. The zero-order valence-corrected chi connectivity index (χ0v) is 19.3. The van der Waals surface area contributed by atoms with E-state index in [0.717, 1.165) is 17.3 Å². The predicted molar refractivity (Wildman–Crippen MR) is 123 cm³/mol. The summed E-state index contributed by atoms with van der Waals surface area (Å²) in [5, 5.41) is 10.4. The maximum absolute atomic E-state index is 13.2. The molecule has 0 fully saturated rings. The third-order valence-electron chi connectivity index (χ3n) is 5.79. The Balaban J connectivity index is 1.48. The fraction of sp³-hybridized carbons (Fsp3) is 0.391. The van der Waals surface area contributed by atoms with Gasteiger partial charge in [-0.15, -0.1) is 0 Å². The number of amides is 1. The van der Waals surface area contributed by atoms with Crippen LogP contribution in [0.4, 0.5) is 30.4 Å². The quantitative estimate of drug-likeness (QED) is 0.561. The molecule has 0 spiro atoms. The first-order chi connectivity index (χ1) is 16.0. The Hall–Kier alpha value is -3.63. The Morgan fingerprint density at radius 2 is 2.06 bits per heavy atom. The molecule has 1 atom stereocenters. The second-order valence-electron chi connectivity index (χ2n) is 8.67. The van der Waals surface area contributed by atoms with Gasteiger partial charge < -0.3 is 15.5 Å². The third-order valence-corrected chi connectivity index (χ3v) is 5.79. The molecule has 0 unspecified atom stereocenters. The number of aromatic nitrogens is 4. The van der Waals surface area contributed by atoms with E-state index in [1.807, 2.05) is 38.8 Å². The van der Waals surface area contributed by atoms with Gasteiger partial charge in [0.1, 0.15) is 11.9 Å². The number of nitrogens with one attached hydrogen (secondary N) is 2. The van der Waals surface area contributed by atoms with Gasteiger partial charge in [-0.3, -0.25) is 14.5 Å². The van der Waals surface area contributed by atoms with Crippen molar-refractivity contribution in [3.05, 3.63) is 59.3 Å². The summed E-state index contributed by atoms with van der Waals surface area (Å²) in [5.74, 6) is 0.703. The van der Waals surface area contributed by atoms with Crippen molar-refractivity contribution in [2.45, 2.75) is 46.1 Å². The molecular weight excluding hydrogens is 447 g/mol. The van der Waals surface area contributed by atoms with Gasteiger partial charge in [0, 0.05) is 37.6 Å². The molecule has 0 aliphatic carbocycles. The first kappa shape index (κ1) is 23.5. The number of pyridine rings is 2. The van der Waals surface area contributed by atoms with Gasteiger partial charge in [-0.1, -0.05) is 13.8 Å². The molecule has 11 heteroatoms. The SMILES string of the molecule is Cc1nc(NCc2cnn(Cc3ncccc3C(F)(F)F)c2)cc2c1NC(=O)[C@H](C(C)C)N2C. The molecule has 8 nitrogen and oxygen atoms in total. The standard InChI is InChI=1S/C23H26F3N7O/c1-13(2)21-22(34)31-20-14(3)30-19(8-18(20)32(21)4)28-9-15-10-29-33(11-15)12-17-16(23(24,25)26)6-5-7-27-17/h5-8,10-11,13,21H,9,12H2,1-4H3,(H,28,30)(H,31,34)/t21-/m0/s1. The highest BCUT2D eigenvalue weighted by Gasteiger charge is 2.35. The van der Waals surface area contributed by atoms with E-state index in [4.69, 9.17) is 0 Å². The minimum absolute atomic E-state index is 0.0513. The van der Waals surface area contributed by atoms with Crippen LogP contribution in [-0.4, -0.2) is 38.7 Å². The number of hydrogen-bond acceptors (Lipinski definition) is 6. The van der Waals surface area contributed by atoms with E-state index < -0.39 is 11.7 Å². The number of carbonyl (C=O) groups is 1. The topological polar surface area (TPSA) is 88.0 Å². The van der Waals surface area contributed by atoms with Crippen LogP contribution >= 0.6 is 0 Å². The lowest BCUT2D eigenvalue weighted by atomic mass is 9.98. The molecule has 2 N–H and O–H groups in total. The molecule has 3 aromatic rings. The first-order valence-electron chi connectivity index (χ1n) is 10.9. The molecule has 34 heavy (non-hydrogen) atoms. The zero-order valence-electron chi connectivity index (χ0n) is 19.3. The van der Waals surface area contributed by atoms with Crippen molar-refractivity contribution in [2.24, 2.45) is 5.92 Å². The summed E-state index contributed by atoms with van der Waals surface area (Å²) in [6.45, 7) is 6.12. The number of nitrogens with zero attached hydrogens (tertiary/aromatic N) is 5. The molecule has 1 amide bonds. The van der Waals surface area contributed by atoms with Crippen LogP contribution in [0.25, 0.3) is 0 Å². The highest BCUT2D eigenvalue weighted by Crippen LogP contribution is 2.36. The number of carbonyl (C=O) groups excluding carboxylic acids is 1. The summed E-state index contributed by atoms with van der Waals surface area (Å²) in [5.41, 5.74) is 2.18. The number of rotatable bonds is 6. The number of anilines is 3. The van der Waals surface area contributed by atoms with Gasteiger partial charge in [0.05, 0.1) is 41.1 Å². The Bertz CT molecular complexity index is 1210. The van der Waals surface area contributed by atoms with Gasteiger partial charge in [-0.2, -0.15) is 18.3 Å². The van der Waals surface area contributed by atoms with Crippen LogP contribution in [0.2, 0.25) is 0 Å². The van der Waals surface area contributed by atoms with E-state index in [2.05, 4.69) is 25.7 Å². The van der Waals surface area contributed by atoms with Crippen molar-refractivity contribution in [3.8, 4) is 0 Å². The third kappa shape index (κ3) is 4.68. The smallest absolute Gasteiger partial charge is 0.366 e. The minimum atomic E-state index is -4.47. The Kier molecular flexibility index (Phi) is 6.20. The van der Waals surface area contributed by atoms with Gasteiger partial charge in [-0.05, 0) is 25.0 Å². The number of fused-ring (bicyclic) bond motifs is 1. The summed E-state index contributed by atoms with van der Waals surface area (Å²) in [7, 11) is 1.89. The lowest BCUT2D eigenvalue weighted by Crippen LogP contribution is -2.49. The monoisotopic (exact) mass is 473 g/mol. The number of likely N-dealkylation sites (N-methyl/N-ethyl adjacent to an activating group) is 1. The Morgan fingerprint density at radius 3 is 2.76 bits per heavy atom. The van der Waals surface area contributed by atoms with Crippen LogP contribution in [-0.2, 0) is 24.1 Å². The Morgan fingerprint density at radius 1 is 1.29 bits per heavy atom. The van der Waals surface area contributed by atoms with Crippen molar-refractivity contribution >= 4 is 23.1 Å². The predicted octanol–water partition coefficient (Wildman–Crippen LogP) is 4.07. The van der Waals surface area contributed by atoms with Crippen LogP contribution in [0.1, 0.15) is 36.4 Å². The van der Waals surface area contributed by atoms with E-state index in [9.17, 15) is 18.0 Å². The molecule has 3 aromatic heterocycles. The first-order valence-corrected chi connectivity index (χ1v) is 10.9. The van der Waals surface area contributed by atoms with Crippen molar-refractivity contribution in [3.63, 3.8) is 0 Å². The number of alkyl halides is 3. The number of aryl methyl sites for hydroxylation is 1. The summed E-state index contributed by atoms with van der Waals surface area (Å²) >= 11 is 0. The molecule has 4 heterocycles. The van der Waals surface area contributed by atoms with E-state index in [1.54, 1.807) is 12.4 Å². The lowest BCUT2D eigenvalue weighted by molar-refractivity contribution is -0.138. The van der Waals surface area contributed by atoms with E-state index >= 15 is 0 Å². The number of halogens is 3. The Labute approximate surface area is 195 Å². The largest absolute Gasteiger partial charge is 0.418 e. The molecular formula is C23H26F3N7O. The zero-order chi connectivity index (χ0) is 24.6. The van der Waals surface area contributed by atoms with Gasteiger partial charge in [0.2, 0.25) is 5.91 Å². The molecule has 0 radical (unpaired) electrons. The van der Waals surface area contributed by atoms with Crippen molar-refractivity contribution < 1.29 is 18.0 Å². The average molecular weight is 474 g/mol. The molecule has 0 aromatic carbocycles. The highest BCUT2D eigenvalue weighted by atomic mass is 19.4. The lowest BCUT2D eigenvalue weighted by Gasteiger charge is -2.38. The molecule has 0 saturated heterocycles. The van der Waals surface area contributed by atoms with Crippen LogP contribution < -0.4 is 15.5 Å². The fourth-order valence-electron chi connectivity index (χ4n) is 4.20. The van der Waals surface area contributed by atoms with Crippen molar-refractivity contribution in [2.75, 3.05) is 22.6 Å². The van der Waals surface area contributed by atoms with Crippen LogP contribution in [0.3, 0.4) is 0 Å². The molecule has 180 valence electrons. The highest BCUT2D eigenvalue weighted by molar-refractivity contribution is 6.04. The summed E-state index contributed by atoms with van der Waals surface area (Å²) < 4.78 is 41.1. The van der Waals surface area contributed by atoms with Crippen molar-refractivity contribution in [1.82, 2.24) is 19.7 Å². The molecule has 0 bridgehead atoms. The minimum Gasteiger partial charge on any atom is -0.366 e. The van der Waals surface area contributed by atoms with Crippen molar-refractivity contribution in [1.29, 1.82) is 0 Å². The normalized spacial score (nSPS) is 15.9. The van der Waals surface area contributed by atoms with Crippen LogP contribution in [0, 0.1) is 12.8 Å². The number of hydrogen-bond donors (Lipinski definition) is 2. The van der Waals surface area contributed by atoms with Crippen LogP contribution in [0.5, 0.6) is 0 Å². The van der Waals surface area contributed by atoms with Crippen LogP contribution in [0.15, 0.2) is 36.8 Å². The summed E-state index contributed by atoms with van der Waals surface area (Å²) in [6, 6.07) is 3.88. The van der Waals surface area contributed by atoms with Gasteiger partial charge >= 0.3 is 6.18 Å². The fourth-order valence-corrected chi connectivity index (χ4v) is 4.20. The summed E-state index contributed by atoms with van der Waals surface area (Å²) in [4.78, 5) is 22.9. The van der Waals surface area contributed by atoms with E-state index in [0.29, 0.717) is 23.7 Å². The molecule has 4 rings (SSSR count). The molecule has 1 aliphatic heterocycles. The summed E-state index contributed by atoms with van der Waals surface area (Å²) in [6.07, 6.45) is 0.131. The second-order valence-corrected chi connectivity index (χ2v) is 8.67. The maximum Gasteiger partial charge on any atom is 0.418 e. The van der Waals surface area contributed by atoms with Gasteiger partial charge in [0.15, 0.2) is 0 Å². The average Bonchev–Trinajstić information content (AvgIpc) is 3.20. The van der Waals surface area contributed by atoms with Gasteiger partial charge in [0.25, 0.3) is 0 Å². The van der Waals surface area contributed by atoms with E-state index in [-0.39, 0.29) is 30.1 Å². The van der Waals surface area contributed by atoms with Gasteiger partial charge in [-0.25, -0.2) is 4.98 Å².